The van der Waals surface area contributed by atoms with E-state index in [2.05, 4.69) is 36.6 Å². The molecule has 0 aliphatic carbocycles. The van der Waals surface area contributed by atoms with Gasteiger partial charge in [-0.1, -0.05) is 11.6 Å². The lowest BCUT2D eigenvalue weighted by Gasteiger charge is -2.15. The van der Waals surface area contributed by atoms with E-state index in [-0.39, 0.29) is 17.4 Å². The van der Waals surface area contributed by atoms with E-state index in [1.165, 1.54) is 6.07 Å². The van der Waals surface area contributed by atoms with Crippen molar-refractivity contribution in [2.75, 3.05) is 13.7 Å². The van der Waals surface area contributed by atoms with Crippen LogP contribution in [-0.2, 0) is 6.18 Å². The molecule has 0 radical (unpaired) electrons. The van der Waals surface area contributed by atoms with Crippen LogP contribution in [-0.4, -0.2) is 13.7 Å². The standard InChI is InChI=1S/C11H8Br2ClF3O2/c1-18-10-7(11(15,16)17)4-6(5-8(10)14)19-3-2-9(12)13/h2,4-5H,3H2,1H3. The van der Waals surface area contributed by atoms with Crippen LogP contribution < -0.4 is 9.47 Å². The smallest absolute Gasteiger partial charge is 0.420 e. The molecule has 2 nitrogen and oxygen atoms in total. The minimum atomic E-state index is -4.57. The molecular weight excluding hydrogens is 416 g/mol. The van der Waals surface area contributed by atoms with Gasteiger partial charge in [0.05, 0.1) is 15.5 Å². The molecule has 0 unspecified atom stereocenters. The maximum atomic E-state index is 12.8. The van der Waals surface area contributed by atoms with E-state index in [0.717, 1.165) is 13.2 Å². The topological polar surface area (TPSA) is 18.5 Å². The van der Waals surface area contributed by atoms with Crippen molar-refractivity contribution in [1.29, 1.82) is 0 Å². The van der Waals surface area contributed by atoms with Gasteiger partial charge in [0, 0.05) is 6.07 Å². The molecule has 1 aromatic carbocycles. The van der Waals surface area contributed by atoms with E-state index in [4.69, 9.17) is 16.3 Å². The van der Waals surface area contributed by atoms with E-state index in [1.54, 1.807) is 6.08 Å². The quantitative estimate of drug-likeness (QED) is 0.646. The van der Waals surface area contributed by atoms with Crippen molar-refractivity contribution < 1.29 is 22.6 Å². The van der Waals surface area contributed by atoms with Crippen molar-refractivity contribution in [3.63, 3.8) is 0 Å². The molecule has 0 saturated heterocycles. The fraction of sp³-hybridized carbons (Fsp3) is 0.273. The Morgan fingerprint density at radius 2 is 2.00 bits per heavy atom. The third-order valence-electron chi connectivity index (χ3n) is 2.01. The lowest BCUT2D eigenvalue weighted by atomic mass is 10.2. The summed E-state index contributed by atoms with van der Waals surface area (Å²) < 4.78 is 48.9. The lowest BCUT2D eigenvalue weighted by molar-refractivity contribution is -0.138. The van der Waals surface area contributed by atoms with Gasteiger partial charge in [-0.2, -0.15) is 13.2 Å². The third-order valence-corrected chi connectivity index (χ3v) is 2.94. The molecule has 106 valence electrons. The van der Waals surface area contributed by atoms with Crippen LogP contribution >= 0.6 is 43.5 Å². The largest absolute Gasteiger partial charge is 0.495 e. The average Bonchev–Trinajstić information content (AvgIpc) is 2.26. The van der Waals surface area contributed by atoms with Crippen molar-refractivity contribution in [1.82, 2.24) is 0 Å². The first-order valence-electron chi connectivity index (χ1n) is 4.84. The molecule has 0 aromatic heterocycles. The van der Waals surface area contributed by atoms with E-state index in [9.17, 15) is 13.2 Å². The molecular formula is C11H8Br2ClF3O2. The summed E-state index contributed by atoms with van der Waals surface area (Å²) in [6.07, 6.45) is -2.98. The van der Waals surface area contributed by atoms with Crippen LogP contribution in [0.1, 0.15) is 5.56 Å². The Morgan fingerprint density at radius 1 is 1.37 bits per heavy atom. The molecule has 0 heterocycles. The van der Waals surface area contributed by atoms with Crippen molar-refractivity contribution in [2.45, 2.75) is 6.18 Å². The highest BCUT2D eigenvalue weighted by molar-refractivity contribution is 9.28. The second-order valence-corrected chi connectivity index (χ2v) is 6.47. The zero-order valence-corrected chi connectivity index (χ0v) is 13.5. The maximum Gasteiger partial charge on any atom is 0.420 e. The fourth-order valence-corrected chi connectivity index (χ4v) is 1.82. The van der Waals surface area contributed by atoms with Crippen molar-refractivity contribution in [2.24, 2.45) is 0 Å². The molecule has 0 aliphatic rings. The summed E-state index contributed by atoms with van der Waals surface area (Å²) in [4.78, 5) is 0. The zero-order chi connectivity index (χ0) is 14.6. The van der Waals surface area contributed by atoms with E-state index in [0.29, 0.717) is 3.39 Å². The van der Waals surface area contributed by atoms with Gasteiger partial charge < -0.3 is 9.47 Å². The van der Waals surface area contributed by atoms with Crippen molar-refractivity contribution in [3.05, 3.63) is 32.2 Å². The van der Waals surface area contributed by atoms with Crippen molar-refractivity contribution >= 4 is 43.5 Å². The van der Waals surface area contributed by atoms with Crippen LogP contribution in [0.2, 0.25) is 5.02 Å². The van der Waals surface area contributed by atoms with Gasteiger partial charge in [0.15, 0.2) is 0 Å². The SMILES string of the molecule is COc1c(Cl)cc(OCC=C(Br)Br)cc1C(F)(F)F. The predicted octanol–water partition coefficient (Wildman–Crippen LogP) is 5.38. The molecule has 0 fully saturated rings. The number of benzene rings is 1. The molecule has 0 spiro atoms. The normalized spacial score (nSPS) is 11.1. The molecule has 0 amide bonds. The van der Waals surface area contributed by atoms with Crippen LogP contribution in [0.25, 0.3) is 0 Å². The van der Waals surface area contributed by atoms with Gasteiger partial charge in [-0.3, -0.25) is 0 Å². The molecule has 0 bridgehead atoms. The highest BCUT2D eigenvalue weighted by atomic mass is 79.9. The zero-order valence-electron chi connectivity index (χ0n) is 9.52. The average molecular weight is 424 g/mol. The first-order chi connectivity index (χ1) is 8.75. The highest BCUT2D eigenvalue weighted by Crippen LogP contribution is 2.42. The van der Waals surface area contributed by atoms with Gasteiger partial charge in [-0.25, -0.2) is 0 Å². The molecule has 0 saturated carbocycles. The Hall–Kier alpha value is -0.400. The molecule has 19 heavy (non-hydrogen) atoms. The van der Waals surface area contributed by atoms with Crippen molar-refractivity contribution in [3.8, 4) is 11.5 Å². The highest BCUT2D eigenvalue weighted by Gasteiger charge is 2.36. The molecule has 8 heteroatoms. The molecule has 1 aromatic rings. The summed E-state index contributed by atoms with van der Waals surface area (Å²) in [5.74, 6) is -0.408. The Labute approximate surface area is 129 Å². The van der Waals surface area contributed by atoms with E-state index >= 15 is 0 Å². The summed E-state index contributed by atoms with van der Waals surface area (Å²) in [5, 5.41) is -0.158. The third kappa shape index (κ3) is 4.89. The first kappa shape index (κ1) is 16.7. The van der Waals surface area contributed by atoms with Gasteiger partial charge in [0.2, 0.25) is 0 Å². The number of ether oxygens (including phenoxy) is 2. The Balaban J connectivity index is 3.10. The number of rotatable bonds is 4. The molecule has 0 N–H and O–H groups in total. The second kappa shape index (κ2) is 6.85. The minimum Gasteiger partial charge on any atom is -0.495 e. The summed E-state index contributed by atoms with van der Waals surface area (Å²) in [5.41, 5.74) is -0.973. The Morgan fingerprint density at radius 3 is 2.47 bits per heavy atom. The number of hydrogen-bond acceptors (Lipinski definition) is 2. The van der Waals surface area contributed by atoms with Gasteiger partial charge in [-0.05, 0) is 44.0 Å². The molecule has 0 aliphatic heterocycles. The van der Waals surface area contributed by atoms with Crippen LogP contribution in [0.4, 0.5) is 13.2 Å². The molecule has 1 rings (SSSR count). The maximum absolute atomic E-state index is 12.8. The lowest BCUT2D eigenvalue weighted by Crippen LogP contribution is -2.08. The number of hydrogen-bond donors (Lipinski definition) is 0. The predicted molar refractivity (Wildman–Crippen MR) is 74.4 cm³/mol. The summed E-state index contributed by atoms with van der Waals surface area (Å²) in [6, 6.07) is 2.12. The number of halogens is 6. The molecule has 0 atom stereocenters. The summed E-state index contributed by atoms with van der Waals surface area (Å²) >= 11 is 11.9. The van der Waals surface area contributed by atoms with Crippen LogP contribution in [0, 0.1) is 0 Å². The summed E-state index contributed by atoms with van der Waals surface area (Å²) in [7, 11) is 1.13. The van der Waals surface area contributed by atoms with Gasteiger partial charge in [0.1, 0.15) is 23.7 Å². The monoisotopic (exact) mass is 422 g/mol. The number of alkyl halides is 3. The number of methoxy groups -OCH3 is 1. The minimum absolute atomic E-state index is 0.00984. The fourth-order valence-electron chi connectivity index (χ4n) is 1.27. The second-order valence-electron chi connectivity index (χ2n) is 3.29. The Bertz CT molecular complexity index is 486. The summed E-state index contributed by atoms with van der Waals surface area (Å²) in [6.45, 7) is 0.0891. The van der Waals surface area contributed by atoms with Gasteiger partial charge in [0.25, 0.3) is 0 Å². The van der Waals surface area contributed by atoms with Crippen LogP contribution in [0.15, 0.2) is 21.6 Å². The Kier molecular flexibility index (Phi) is 6.01. The first-order valence-corrected chi connectivity index (χ1v) is 6.80. The van der Waals surface area contributed by atoms with E-state index in [1.807, 2.05) is 0 Å². The van der Waals surface area contributed by atoms with Gasteiger partial charge >= 0.3 is 6.18 Å². The van der Waals surface area contributed by atoms with Gasteiger partial charge in [-0.15, -0.1) is 0 Å². The van der Waals surface area contributed by atoms with E-state index < -0.39 is 17.5 Å². The van der Waals surface area contributed by atoms with Crippen LogP contribution in [0.5, 0.6) is 11.5 Å². The van der Waals surface area contributed by atoms with Crippen LogP contribution in [0.3, 0.4) is 0 Å².